The van der Waals surface area contributed by atoms with Gasteiger partial charge in [-0.3, -0.25) is 0 Å². The van der Waals surface area contributed by atoms with Crippen LogP contribution in [0.15, 0.2) is 55.6 Å². The Morgan fingerprint density at radius 3 is 2.42 bits per heavy atom. The Bertz CT molecular complexity index is 1160. The summed E-state index contributed by atoms with van der Waals surface area (Å²) in [6, 6.07) is 8.09. The average Bonchev–Trinajstić information content (AvgIpc) is 3.09. The molecule has 5 nitrogen and oxygen atoms in total. The first-order valence-corrected chi connectivity index (χ1v) is 9.91. The Morgan fingerprint density at radius 2 is 1.74 bits per heavy atom. The third kappa shape index (κ3) is 5.43. The molecule has 31 heavy (non-hydrogen) atoms. The third-order valence-electron chi connectivity index (χ3n) is 4.25. The molecule has 0 aliphatic rings. The third-order valence-corrected chi connectivity index (χ3v) is 5.42. The lowest BCUT2D eigenvalue weighted by Gasteiger charge is -2.14. The van der Waals surface area contributed by atoms with Gasteiger partial charge in [0.1, 0.15) is 11.5 Å². The molecule has 3 rings (SSSR count). The van der Waals surface area contributed by atoms with Crippen molar-refractivity contribution in [2.24, 2.45) is 0 Å². The zero-order valence-corrected chi connectivity index (χ0v) is 17.0. The molecular weight excluding hydrogens is 433 g/mol. The maximum absolute atomic E-state index is 13.1. The van der Waals surface area contributed by atoms with Gasteiger partial charge in [-0.15, -0.1) is 24.5 Å². The SMILES string of the molecule is C=CC(=O)OCCCc1ccc2c(sc3cc(OC(=O)C=C)ccc32)c1OC(F)(F)F. The van der Waals surface area contributed by atoms with Crippen LogP contribution in [0.2, 0.25) is 0 Å². The van der Waals surface area contributed by atoms with Crippen LogP contribution in [0.3, 0.4) is 0 Å². The van der Waals surface area contributed by atoms with E-state index in [1.54, 1.807) is 30.3 Å². The summed E-state index contributed by atoms with van der Waals surface area (Å²) >= 11 is 1.10. The van der Waals surface area contributed by atoms with Gasteiger partial charge in [-0.1, -0.05) is 25.3 Å². The van der Waals surface area contributed by atoms with Gasteiger partial charge >= 0.3 is 18.3 Å². The number of hydrogen-bond acceptors (Lipinski definition) is 6. The fourth-order valence-corrected chi connectivity index (χ4v) is 4.21. The number of carbonyl (C=O) groups excluding carboxylic acids is 2. The van der Waals surface area contributed by atoms with E-state index in [1.165, 1.54) is 0 Å². The Hall–Kier alpha value is -3.33. The van der Waals surface area contributed by atoms with E-state index in [0.29, 0.717) is 32.2 Å². The van der Waals surface area contributed by atoms with Crippen LogP contribution in [0.25, 0.3) is 20.2 Å². The minimum absolute atomic E-state index is 0.0405. The minimum atomic E-state index is -4.88. The van der Waals surface area contributed by atoms with Crippen LogP contribution in [0.5, 0.6) is 11.5 Å². The summed E-state index contributed by atoms with van der Waals surface area (Å²) < 4.78 is 54.7. The lowest BCUT2D eigenvalue weighted by molar-refractivity contribution is -0.274. The van der Waals surface area contributed by atoms with E-state index in [0.717, 1.165) is 23.5 Å². The van der Waals surface area contributed by atoms with Gasteiger partial charge < -0.3 is 14.2 Å². The molecule has 0 radical (unpaired) electrons. The number of halogens is 3. The van der Waals surface area contributed by atoms with E-state index in [-0.39, 0.29) is 24.5 Å². The molecule has 2 aromatic carbocycles. The Morgan fingerprint density at radius 1 is 1.03 bits per heavy atom. The molecule has 0 atom stereocenters. The molecule has 0 amide bonds. The number of hydrogen-bond donors (Lipinski definition) is 0. The van der Waals surface area contributed by atoms with Crippen molar-refractivity contribution < 1.29 is 37.0 Å². The predicted molar refractivity (Wildman–Crippen MR) is 111 cm³/mol. The molecule has 162 valence electrons. The number of carbonyl (C=O) groups is 2. The van der Waals surface area contributed by atoms with Crippen LogP contribution in [0, 0.1) is 0 Å². The molecule has 0 N–H and O–H groups in total. The normalized spacial score (nSPS) is 11.3. The highest BCUT2D eigenvalue weighted by atomic mass is 32.1. The molecule has 1 aromatic heterocycles. The Kier molecular flexibility index (Phi) is 6.65. The smallest absolute Gasteiger partial charge is 0.463 e. The van der Waals surface area contributed by atoms with Gasteiger partial charge in [-0.25, -0.2) is 9.59 Å². The lowest BCUT2D eigenvalue weighted by Crippen LogP contribution is -2.18. The van der Waals surface area contributed by atoms with Crippen molar-refractivity contribution in [1.29, 1.82) is 0 Å². The molecule has 0 bridgehead atoms. The van der Waals surface area contributed by atoms with Gasteiger partial charge in [0.25, 0.3) is 0 Å². The first kappa shape index (κ1) is 22.4. The van der Waals surface area contributed by atoms with E-state index in [2.05, 4.69) is 17.9 Å². The highest BCUT2D eigenvalue weighted by Gasteiger charge is 2.33. The van der Waals surface area contributed by atoms with E-state index in [1.807, 2.05) is 0 Å². The van der Waals surface area contributed by atoms with Crippen molar-refractivity contribution in [2.45, 2.75) is 19.2 Å². The van der Waals surface area contributed by atoms with E-state index in [9.17, 15) is 22.8 Å². The predicted octanol–water partition coefficient (Wildman–Crippen LogP) is 5.71. The number of aryl methyl sites for hydroxylation is 1. The summed E-state index contributed by atoms with van der Waals surface area (Å²) in [6.45, 7) is 6.65. The fraction of sp³-hybridized carbons (Fsp3) is 0.182. The van der Waals surface area contributed by atoms with Crippen LogP contribution >= 0.6 is 11.3 Å². The monoisotopic (exact) mass is 450 g/mol. The van der Waals surface area contributed by atoms with Gasteiger partial charge in [0.2, 0.25) is 0 Å². The highest BCUT2D eigenvalue weighted by Crippen LogP contribution is 2.44. The standard InChI is InChI=1S/C22H17F3O5S/c1-3-18(26)28-11-5-6-13-7-9-16-15-10-8-14(29-19(27)4-2)12-17(15)31-21(16)20(13)30-22(23,24)25/h3-4,7-10,12H,1-2,5-6,11H2. The summed E-state index contributed by atoms with van der Waals surface area (Å²) in [6.07, 6.45) is -2.32. The zero-order valence-electron chi connectivity index (χ0n) is 16.2. The van der Waals surface area contributed by atoms with E-state index < -0.39 is 18.3 Å². The maximum atomic E-state index is 13.1. The minimum Gasteiger partial charge on any atom is -0.463 e. The second-order valence-electron chi connectivity index (χ2n) is 6.34. The molecule has 9 heteroatoms. The quantitative estimate of drug-likeness (QED) is 0.191. The van der Waals surface area contributed by atoms with Crippen LogP contribution in [-0.2, 0) is 20.7 Å². The van der Waals surface area contributed by atoms with Crippen molar-refractivity contribution >= 4 is 43.4 Å². The van der Waals surface area contributed by atoms with Crippen LogP contribution in [0.1, 0.15) is 12.0 Å². The zero-order chi connectivity index (χ0) is 22.6. The first-order chi connectivity index (χ1) is 14.7. The second-order valence-corrected chi connectivity index (χ2v) is 7.39. The molecule has 0 unspecified atom stereocenters. The van der Waals surface area contributed by atoms with Crippen molar-refractivity contribution in [2.75, 3.05) is 6.61 Å². The molecule has 0 spiro atoms. The van der Waals surface area contributed by atoms with Crippen molar-refractivity contribution in [1.82, 2.24) is 0 Å². The van der Waals surface area contributed by atoms with Crippen LogP contribution < -0.4 is 9.47 Å². The van der Waals surface area contributed by atoms with Gasteiger partial charge in [0, 0.05) is 27.6 Å². The molecule has 0 fully saturated rings. The average molecular weight is 450 g/mol. The van der Waals surface area contributed by atoms with Crippen LogP contribution in [-0.4, -0.2) is 24.9 Å². The molecular formula is C22H17F3O5S. The Labute approximate surface area is 179 Å². The number of thiophene rings is 1. The number of fused-ring (bicyclic) bond motifs is 3. The Balaban J connectivity index is 1.99. The van der Waals surface area contributed by atoms with Gasteiger partial charge in [-0.2, -0.15) is 0 Å². The van der Waals surface area contributed by atoms with Gasteiger partial charge in [0.05, 0.1) is 11.3 Å². The van der Waals surface area contributed by atoms with E-state index >= 15 is 0 Å². The van der Waals surface area contributed by atoms with Crippen molar-refractivity contribution in [3.8, 4) is 11.5 Å². The van der Waals surface area contributed by atoms with Gasteiger partial charge in [-0.05, 0) is 36.6 Å². The molecule has 0 saturated heterocycles. The second kappa shape index (κ2) is 9.22. The lowest BCUT2D eigenvalue weighted by atomic mass is 10.1. The highest BCUT2D eigenvalue weighted by molar-refractivity contribution is 7.26. The van der Waals surface area contributed by atoms with Gasteiger partial charge in [0.15, 0.2) is 0 Å². The number of benzene rings is 2. The number of rotatable bonds is 8. The largest absolute Gasteiger partial charge is 0.573 e. The maximum Gasteiger partial charge on any atom is 0.573 e. The molecule has 0 aliphatic heterocycles. The topological polar surface area (TPSA) is 61.8 Å². The molecule has 0 saturated carbocycles. The van der Waals surface area contributed by atoms with Crippen molar-refractivity contribution in [3.05, 3.63) is 61.2 Å². The number of esters is 2. The first-order valence-electron chi connectivity index (χ1n) is 9.09. The summed E-state index contributed by atoms with van der Waals surface area (Å²) in [5.74, 6) is -1.27. The van der Waals surface area contributed by atoms with E-state index in [4.69, 9.17) is 9.47 Å². The summed E-state index contributed by atoms with van der Waals surface area (Å²) in [4.78, 5) is 22.5. The van der Waals surface area contributed by atoms with Crippen molar-refractivity contribution in [3.63, 3.8) is 0 Å². The number of ether oxygens (including phenoxy) is 3. The van der Waals surface area contributed by atoms with Crippen LogP contribution in [0.4, 0.5) is 13.2 Å². The molecule has 3 aromatic rings. The number of alkyl halides is 3. The summed E-state index contributed by atoms with van der Waals surface area (Å²) in [5.41, 5.74) is 0.337. The molecule has 1 heterocycles. The summed E-state index contributed by atoms with van der Waals surface area (Å²) in [5, 5.41) is 1.29. The molecule has 0 aliphatic carbocycles. The fourth-order valence-electron chi connectivity index (χ4n) is 2.98. The summed E-state index contributed by atoms with van der Waals surface area (Å²) in [7, 11) is 0.